The number of aryl methyl sites for hydroxylation is 1. The second kappa shape index (κ2) is 4.85. The van der Waals surface area contributed by atoms with Crippen molar-refractivity contribution in [3.05, 3.63) is 37.8 Å². The maximum Gasteiger partial charge on any atom is 0.280 e. The number of nitro groups is 1. The number of rotatable bonds is 3. The van der Waals surface area contributed by atoms with Crippen LogP contribution in [0.4, 0.5) is 5.69 Å². The zero-order valence-electron chi connectivity index (χ0n) is 7.79. The fourth-order valence-electron chi connectivity index (χ4n) is 1.11. The molecule has 0 bridgehead atoms. The molecule has 4 nitrogen and oxygen atoms in total. The zero-order chi connectivity index (χ0) is 11.6. The highest BCUT2D eigenvalue weighted by Gasteiger charge is 2.20. The van der Waals surface area contributed by atoms with Gasteiger partial charge in [-0.15, -0.1) is 0 Å². The van der Waals surface area contributed by atoms with Gasteiger partial charge in [-0.3, -0.25) is 14.9 Å². The summed E-state index contributed by atoms with van der Waals surface area (Å²) in [7, 11) is 0. The van der Waals surface area contributed by atoms with E-state index in [0.717, 1.165) is 5.56 Å². The van der Waals surface area contributed by atoms with Crippen LogP contribution in [0.15, 0.2) is 16.6 Å². The quantitative estimate of drug-likeness (QED) is 0.368. The van der Waals surface area contributed by atoms with Crippen molar-refractivity contribution < 1.29 is 9.72 Å². The lowest BCUT2D eigenvalue weighted by Crippen LogP contribution is -2.05. The summed E-state index contributed by atoms with van der Waals surface area (Å²) in [5, 5.41) is 10.8. The fraction of sp³-hybridized carbons (Fsp3) is 0.222. The minimum Gasteiger partial charge on any atom is -0.293 e. The molecule has 0 aliphatic rings. The minimum atomic E-state index is -0.546. The van der Waals surface area contributed by atoms with Crippen molar-refractivity contribution in [3.63, 3.8) is 0 Å². The Morgan fingerprint density at radius 2 is 2.13 bits per heavy atom. The maximum atomic E-state index is 11.4. The Kier molecular flexibility index (Phi) is 3.98. The Morgan fingerprint density at radius 1 is 1.53 bits per heavy atom. The van der Waals surface area contributed by atoms with Crippen molar-refractivity contribution in [2.45, 2.75) is 6.92 Å². The van der Waals surface area contributed by atoms with Gasteiger partial charge in [-0.25, -0.2) is 0 Å². The molecule has 1 rings (SSSR count). The van der Waals surface area contributed by atoms with Crippen LogP contribution in [0.5, 0.6) is 0 Å². The highest BCUT2D eigenvalue weighted by atomic mass is 79.9. The van der Waals surface area contributed by atoms with Crippen LogP contribution in [0.2, 0.25) is 0 Å². The molecule has 0 aromatic heterocycles. The van der Waals surface area contributed by atoms with Gasteiger partial charge in [-0.1, -0.05) is 31.9 Å². The van der Waals surface area contributed by atoms with Gasteiger partial charge < -0.3 is 0 Å². The van der Waals surface area contributed by atoms with E-state index >= 15 is 0 Å². The first-order valence-electron chi connectivity index (χ1n) is 4.01. The smallest absolute Gasteiger partial charge is 0.280 e. The molecule has 0 atom stereocenters. The Morgan fingerprint density at radius 3 is 2.60 bits per heavy atom. The molecule has 0 saturated heterocycles. The summed E-state index contributed by atoms with van der Waals surface area (Å²) < 4.78 is 0.692. The topological polar surface area (TPSA) is 60.2 Å². The van der Waals surface area contributed by atoms with Gasteiger partial charge in [0.2, 0.25) is 0 Å². The molecule has 0 unspecified atom stereocenters. The molecule has 0 spiro atoms. The van der Waals surface area contributed by atoms with Gasteiger partial charge in [0.1, 0.15) is 0 Å². The standard InChI is InChI=1S/C9H7Br2NO3/c1-5-2-8(12(14)15)6(3-7(5)11)9(13)4-10/h2-3H,4H2,1H3. The third-order valence-electron chi connectivity index (χ3n) is 1.90. The molecule has 0 heterocycles. The molecule has 6 heteroatoms. The number of nitro benzene ring substituents is 1. The average Bonchev–Trinajstić information content (AvgIpc) is 2.20. The van der Waals surface area contributed by atoms with Gasteiger partial charge in [-0.2, -0.15) is 0 Å². The number of alkyl halides is 1. The number of carbonyl (C=O) groups is 1. The molecule has 0 fully saturated rings. The average molecular weight is 337 g/mol. The summed E-state index contributed by atoms with van der Waals surface area (Å²) in [6.45, 7) is 1.74. The largest absolute Gasteiger partial charge is 0.293 e. The molecule has 0 N–H and O–H groups in total. The predicted octanol–water partition coefficient (Wildman–Crippen LogP) is 3.24. The number of halogens is 2. The van der Waals surface area contributed by atoms with E-state index in [2.05, 4.69) is 31.9 Å². The number of hydrogen-bond donors (Lipinski definition) is 0. The maximum absolute atomic E-state index is 11.4. The molecule has 0 saturated carbocycles. The van der Waals surface area contributed by atoms with E-state index in [9.17, 15) is 14.9 Å². The lowest BCUT2D eigenvalue weighted by molar-refractivity contribution is -0.385. The van der Waals surface area contributed by atoms with E-state index in [1.165, 1.54) is 12.1 Å². The van der Waals surface area contributed by atoms with Crippen molar-refractivity contribution in [1.29, 1.82) is 0 Å². The Balaban J connectivity index is 3.41. The third kappa shape index (κ3) is 2.63. The number of benzene rings is 1. The van der Waals surface area contributed by atoms with Gasteiger partial charge in [0.25, 0.3) is 5.69 Å². The number of nitrogens with zero attached hydrogens (tertiary/aromatic N) is 1. The van der Waals surface area contributed by atoms with E-state index < -0.39 is 4.92 Å². The summed E-state index contributed by atoms with van der Waals surface area (Å²) in [6, 6.07) is 2.87. The van der Waals surface area contributed by atoms with Gasteiger partial charge in [-0.05, 0) is 18.6 Å². The number of carbonyl (C=O) groups excluding carboxylic acids is 1. The minimum absolute atomic E-state index is 0.0728. The summed E-state index contributed by atoms with van der Waals surface area (Å²) in [6.07, 6.45) is 0. The van der Waals surface area contributed by atoms with Crippen LogP contribution < -0.4 is 0 Å². The van der Waals surface area contributed by atoms with E-state index in [1.807, 2.05) is 0 Å². The molecule has 0 aliphatic carbocycles. The van der Waals surface area contributed by atoms with Crippen molar-refractivity contribution in [1.82, 2.24) is 0 Å². The van der Waals surface area contributed by atoms with Crippen molar-refractivity contribution in [3.8, 4) is 0 Å². The van der Waals surface area contributed by atoms with Crippen LogP contribution in [0.1, 0.15) is 15.9 Å². The molecule has 1 aromatic carbocycles. The third-order valence-corrected chi connectivity index (χ3v) is 3.26. The SMILES string of the molecule is Cc1cc([N+](=O)[O-])c(C(=O)CBr)cc1Br. The number of ketones is 1. The number of hydrogen-bond acceptors (Lipinski definition) is 3. The zero-order valence-corrected chi connectivity index (χ0v) is 11.0. The Bertz CT molecular complexity index is 432. The van der Waals surface area contributed by atoms with E-state index in [1.54, 1.807) is 6.92 Å². The van der Waals surface area contributed by atoms with E-state index in [-0.39, 0.29) is 22.4 Å². The summed E-state index contributed by atoms with van der Waals surface area (Å²) in [4.78, 5) is 21.6. The molecule has 0 amide bonds. The molecule has 0 aliphatic heterocycles. The fourth-order valence-corrected chi connectivity index (χ4v) is 1.76. The van der Waals surface area contributed by atoms with Gasteiger partial charge in [0.15, 0.2) is 5.78 Å². The van der Waals surface area contributed by atoms with Gasteiger partial charge in [0.05, 0.1) is 15.8 Å². The van der Waals surface area contributed by atoms with Crippen LogP contribution >= 0.6 is 31.9 Å². The van der Waals surface area contributed by atoms with Crippen LogP contribution in [0.3, 0.4) is 0 Å². The highest BCUT2D eigenvalue weighted by Crippen LogP contribution is 2.27. The normalized spacial score (nSPS) is 10.1. The predicted molar refractivity (Wildman–Crippen MR) is 63.7 cm³/mol. The van der Waals surface area contributed by atoms with E-state index in [0.29, 0.717) is 4.47 Å². The molecule has 1 aromatic rings. The van der Waals surface area contributed by atoms with Crippen LogP contribution in [-0.4, -0.2) is 16.0 Å². The van der Waals surface area contributed by atoms with Crippen molar-refractivity contribution >= 4 is 43.3 Å². The molecule has 15 heavy (non-hydrogen) atoms. The first-order chi connectivity index (χ1) is 6.97. The van der Waals surface area contributed by atoms with Gasteiger partial charge >= 0.3 is 0 Å². The second-order valence-corrected chi connectivity index (χ2v) is 4.35. The number of Topliss-reactive ketones (excluding diaryl/α,β-unsaturated/α-hetero) is 1. The van der Waals surface area contributed by atoms with Crippen molar-refractivity contribution in [2.24, 2.45) is 0 Å². The Hall–Kier alpha value is -0.750. The molecular weight excluding hydrogens is 330 g/mol. The van der Waals surface area contributed by atoms with Gasteiger partial charge in [0, 0.05) is 10.5 Å². The summed E-state index contributed by atoms with van der Waals surface area (Å²) >= 11 is 6.23. The first-order valence-corrected chi connectivity index (χ1v) is 5.92. The first kappa shape index (κ1) is 12.3. The van der Waals surface area contributed by atoms with Crippen LogP contribution in [0, 0.1) is 17.0 Å². The van der Waals surface area contributed by atoms with Crippen LogP contribution in [-0.2, 0) is 0 Å². The van der Waals surface area contributed by atoms with E-state index in [4.69, 9.17) is 0 Å². The molecular formula is C9H7Br2NO3. The highest BCUT2D eigenvalue weighted by molar-refractivity contribution is 9.10. The van der Waals surface area contributed by atoms with Crippen molar-refractivity contribution in [2.75, 3.05) is 5.33 Å². The summed E-state index contributed by atoms with van der Waals surface area (Å²) in [5.41, 5.74) is 0.697. The lowest BCUT2D eigenvalue weighted by Gasteiger charge is -2.03. The monoisotopic (exact) mass is 335 g/mol. The molecule has 0 radical (unpaired) electrons. The molecule has 80 valence electrons. The second-order valence-electron chi connectivity index (χ2n) is 2.93. The lowest BCUT2D eigenvalue weighted by atomic mass is 10.1. The Labute approximate surface area is 103 Å². The van der Waals surface area contributed by atoms with Crippen LogP contribution in [0.25, 0.3) is 0 Å². The summed E-state index contributed by atoms with van der Waals surface area (Å²) in [5.74, 6) is -0.303.